The molecule has 9 heteroatoms. The Balaban J connectivity index is 2.77. The third kappa shape index (κ3) is 2.02. The van der Waals surface area contributed by atoms with Gasteiger partial charge in [0, 0.05) is 6.54 Å². The van der Waals surface area contributed by atoms with Gasteiger partial charge in [-0.2, -0.15) is 8.42 Å². The Kier molecular flexibility index (Phi) is 3.07. The molecule has 1 heterocycles. The monoisotopic (exact) mass is 242 g/mol. The molecule has 1 aliphatic rings. The zero-order chi connectivity index (χ0) is 10.9. The molecule has 0 aromatic carbocycles. The highest BCUT2D eigenvalue weighted by atomic mass is 35.5. The SMILES string of the molecule is O=C(Cl)[C@@H]1CC(S(=O)(=O)[N+](=O)[O-])CN1. The topological polar surface area (TPSA) is 106 Å². The van der Waals surface area contributed by atoms with Crippen molar-refractivity contribution in [3.05, 3.63) is 10.1 Å². The van der Waals surface area contributed by atoms with Crippen LogP contribution in [0, 0.1) is 10.1 Å². The predicted molar refractivity (Wildman–Crippen MR) is 47.0 cm³/mol. The highest BCUT2D eigenvalue weighted by Gasteiger charge is 2.43. The number of halogens is 1. The van der Waals surface area contributed by atoms with E-state index < -0.39 is 30.9 Å². The molecule has 7 nitrogen and oxygen atoms in total. The normalized spacial score (nSPS) is 27.5. The second kappa shape index (κ2) is 3.79. The van der Waals surface area contributed by atoms with Crippen LogP contribution in [0.15, 0.2) is 0 Å². The van der Waals surface area contributed by atoms with Crippen molar-refractivity contribution in [1.29, 1.82) is 0 Å². The molecular formula is C5H7ClN2O5S. The van der Waals surface area contributed by atoms with E-state index in [0.717, 1.165) is 0 Å². The molecule has 1 rings (SSSR count). The molecule has 1 unspecified atom stereocenters. The number of rotatable bonds is 3. The quantitative estimate of drug-likeness (QED) is 0.390. The van der Waals surface area contributed by atoms with E-state index in [9.17, 15) is 23.3 Å². The van der Waals surface area contributed by atoms with Crippen LogP contribution in [0.1, 0.15) is 6.42 Å². The molecule has 1 fully saturated rings. The number of carbonyl (C=O) groups excluding carboxylic acids is 1. The largest absolute Gasteiger partial charge is 0.421 e. The Bertz CT molecular complexity index is 366. The van der Waals surface area contributed by atoms with Crippen molar-refractivity contribution in [2.24, 2.45) is 0 Å². The lowest BCUT2D eigenvalue weighted by Crippen LogP contribution is -2.29. The van der Waals surface area contributed by atoms with Crippen molar-refractivity contribution < 1.29 is 17.5 Å². The number of nitrogens with zero attached hydrogens (tertiary/aromatic N) is 1. The Labute approximate surface area is 84.6 Å². The molecule has 14 heavy (non-hydrogen) atoms. The fraction of sp³-hybridized carbons (Fsp3) is 0.800. The van der Waals surface area contributed by atoms with E-state index in [-0.39, 0.29) is 13.0 Å². The molecule has 0 aliphatic carbocycles. The number of nitrogens with one attached hydrogen (secondary N) is 1. The summed E-state index contributed by atoms with van der Waals surface area (Å²) in [4.78, 5) is 20.8. The van der Waals surface area contributed by atoms with Crippen LogP contribution in [-0.4, -0.2) is 35.8 Å². The molecule has 0 radical (unpaired) electrons. The highest BCUT2D eigenvalue weighted by Crippen LogP contribution is 2.17. The maximum Gasteiger partial charge on any atom is 0.421 e. The van der Waals surface area contributed by atoms with Crippen molar-refractivity contribution in [3.63, 3.8) is 0 Å². The number of hydrogen-bond donors (Lipinski definition) is 1. The van der Waals surface area contributed by atoms with Crippen LogP contribution in [0.4, 0.5) is 0 Å². The van der Waals surface area contributed by atoms with Crippen molar-refractivity contribution in [3.8, 4) is 0 Å². The number of carbonyl (C=O) groups is 1. The van der Waals surface area contributed by atoms with Gasteiger partial charge in [0.15, 0.2) is 4.33 Å². The van der Waals surface area contributed by atoms with Crippen molar-refractivity contribution in [2.75, 3.05) is 6.54 Å². The Hall–Kier alpha value is -0.730. The first-order chi connectivity index (χ1) is 6.35. The molecule has 1 aliphatic heterocycles. The van der Waals surface area contributed by atoms with Crippen LogP contribution in [0.3, 0.4) is 0 Å². The predicted octanol–water partition coefficient (Wildman–Crippen LogP) is -0.911. The van der Waals surface area contributed by atoms with Crippen molar-refractivity contribution >= 4 is 26.9 Å². The molecule has 0 bridgehead atoms. The number of nitro groups is 1. The van der Waals surface area contributed by atoms with E-state index in [2.05, 4.69) is 5.32 Å². The average Bonchev–Trinajstić information content (AvgIpc) is 2.51. The lowest BCUT2D eigenvalue weighted by Gasteiger charge is -2.01. The van der Waals surface area contributed by atoms with Gasteiger partial charge < -0.3 is 5.32 Å². The summed E-state index contributed by atoms with van der Waals surface area (Å²) in [5.41, 5.74) is 0. The average molecular weight is 243 g/mol. The Morgan fingerprint density at radius 1 is 1.57 bits per heavy atom. The molecule has 80 valence electrons. The van der Waals surface area contributed by atoms with Gasteiger partial charge in [0.25, 0.3) is 0 Å². The standard InChI is InChI=1S/C5H7ClN2O5S/c6-5(9)4-1-3(2-7-4)14(12,13)8(10)11/h3-4,7H,1-2H2/t3?,4-/m0/s1. The van der Waals surface area contributed by atoms with Crippen LogP contribution in [0.5, 0.6) is 0 Å². The van der Waals surface area contributed by atoms with Gasteiger partial charge in [-0.1, -0.05) is 0 Å². The minimum atomic E-state index is -4.39. The highest BCUT2D eigenvalue weighted by molar-refractivity contribution is 7.86. The molecule has 0 aromatic heterocycles. The maximum absolute atomic E-state index is 11.0. The van der Waals surface area contributed by atoms with Gasteiger partial charge in [0.1, 0.15) is 5.25 Å². The zero-order valence-corrected chi connectivity index (χ0v) is 8.42. The van der Waals surface area contributed by atoms with Crippen molar-refractivity contribution in [1.82, 2.24) is 5.32 Å². The molecule has 0 saturated carbocycles. The smallest absolute Gasteiger partial charge is 0.305 e. The third-order valence-electron chi connectivity index (χ3n) is 1.99. The van der Waals surface area contributed by atoms with Crippen molar-refractivity contribution in [2.45, 2.75) is 17.7 Å². The molecule has 0 spiro atoms. The van der Waals surface area contributed by atoms with Gasteiger partial charge in [-0.25, -0.2) is 10.1 Å². The first kappa shape index (κ1) is 11.3. The summed E-state index contributed by atoms with van der Waals surface area (Å²) in [5.74, 6) is 0. The number of sulfonamides is 1. The molecule has 2 atom stereocenters. The van der Waals surface area contributed by atoms with Crippen LogP contribution in [0.25, 0.3) is 0 Å². The van der Waals surface area contributed by atoms with Gasteiger partial charge in [0.2, 0.25) is 5.24 Å². The summed E-state index contributed by atoms with van der Waals surface area (Å²) >= 11 is 5.11. The minimum absolute atomic E-state index is 0.119. The van der Waals surface area contributed by atoms with Crippen LogP contribution < -0.4 is 5.32 Å². The summed E-state index contributed by atoms with van der Waals surface area (Å²) in [7, 11) is -4.39. The van der Waals surface area contributed by atoms with Crippen LogP contribution in [0.2, 0.25) is 0 Å². The molecular weight excluding hydrogens is 236 g/mol. The van der Waals surface area contributed by atoms with E-state index in [1.807, 2.05) is 0 Å². The van der Waals surface area contributed by atoms with E-state index >= 15 is 0 Å². The first-order valence-electron chi connectivity index (χ1n) is 3.67. The van der Waals surface area contributed by atoms with E-state index in [1.54, 1.807) is 0 Å². The Morgan fingerprint density at radius 2 is 2.14 bits per heavy atom. The maximum atomic E-state index is 11.0. The Morgan fingerprint density at radius 3 is 2.50 bits per heavy atom. The second-order valence-electron chi connectivity index (χ2n) is 2.86. The summed E-state index contributed by atoms with van der Waals surface area (Å²) < 4.78 is 20.7. The van der Waals surface area contributed by atoms with Crippen LogP contribution >= 0.6 is 11.6 Å². The molecule has 0 aromatic rings. The van der Waals surface area contributed by atoms with Gasteiger partial charge >= 0.3 is 10.0 Å². The van der Waals surface area contributed by atoms with Gasteiger partial charge in [-0.15, -0.1) is 0 Å². The van der Waals surface area contributed by atoms with E-state index in [4.69, 9.17) is 11.6 Å². The number of hydrogen-bond acceptors (Lipinski definition) is 6. The molecule has 1 saturated heterocycles. The van der Waals surface area contributed by atoms with Crippen LogP contribution in [-0.2, 0) is 14.8 Å². The summed E-state index contributed by atoms with van der Waals surface area (Å²) in [6, 6.07) is -0.809. The summed E-state index contributed by atoms with van der Waals surface area (Å²) in [6.07, 6.45) is -0.147. The van der Waals surface area contributed by atoms with E-state index in [0.29, 0.717) is 0 Å². The fourth-order valence-corrected chi connectivity index (χ4v) is 2.38. The molecule has 0 amide bonds. The second-order valence-corrected chi connectivity index (χ2v) is 5.23. The third-order valence-corrected chi connectivity index (χ3v) is 3.87. The summed E-state index contributed by atoms with van der Waals surface area (Å²) in [6.45, 7) is -0.119. The zero-order valence-electron chi connectivity index (χ0n) is 6.84. The lowest BCUT2D eigenvalue weighted by atomic mass is 10.2. The minimum Gasteiger partial charge on any atom is -0.305 e. The lowest BCUT2D eigenvalue weighted by molar-refractivity contribution is -0.306. The van der Waals surface area contributed by atoms with E-state index in [1.165, 1.54) is 0 Å². The first-order valence-corrected chi connectivity index (χ1v) is 5.55. The molecule has 1 N–H and O–H groups in total. The van der Waals surface area contributed by atoms with Gasteiger partial charge in [-0.3, -0.25) is 4.79 Å². The van der Waals surface area contributed by atoms with Gasteiger partial charge in [-0.05, 0) is 18.0 Å². The summed E-state index contributed by atoms with van der Waals surface area (Å²) in [5, 5.41) is 10.8. The fourth-order valence-electron chi connectivity index (χ4n) is 1.22. The van der Waals surface area contributed by atoms with Gasteiger partial charge in [0.05, 0.1) is 6.04 Å².